The maximum absolute atomic E-state index is 12.6. The minimum atomic E-state index is -0.240. The average molecular weight is 413 g/mol. The van der Waals surface area contributed by atoms with E-state index in [1.54, 1.807) is 48.5 Å². The van der Waals surface area contributed by atoms with Crippen molar-refractivity contribution in [2.24, 2.45) is 0 Å². The number of amides is 3. The van der Waals surface area contributed by atoms with Crippen LogP contribution in [-0.4, -0.2) is 29.2 Å². The Kier molecular flexibility index (Phi) is 6.08. The normalized spacial score (nSPS) is 13.2. The summed E-state index contributed by atoms with van der Waals surface area (Å²) in [5.74, 6) is -0.268. The highest BCUT2D eigenvalue weighted by Gasteiger charge is 2.20. The molecule has 3 aromatic carbocycles. The van der Waals surface area contributed by atoms with E-state index in [0.717, 1.165) is 18.5 Å². The van der Waals surface area contributed by atoms with Crippen molar-refractivity contribution in [2.45, 2.75) is 19.4 Å². The monoisotopic (exact) mass is 413 g/mol. The molecular weight excluding hydrogens is 390 g/mol. The van der Waals surface area contributed by atoms with Gasteiger partial charge in [0.05, 0.1) is 0 Å². The molecule has 156 valence electrons. The lowest BCUT2D eigenvalue weighted by molar-refractivity contribution is -0.128. The number of carbonyl (C=O) groups is 3. The fraction of sp³-hybridized carbons (Fsp3) is 0.160. The van der Waals surface area contributed by atoms with Crippen LogP contribution in [0, 0.1) is 0 Å². The van der Waals surface area contributed by atoms with Crippen LogP contribution in [0.4, 0.5) is 11.4 Å². The Hall–Kier alpha value is -3.93. The second-order valence-electron chi connectivity index (χ2n) is 7.47. The van der Waals surface area contributed by atoms with E-state index in [1.807, 2.05) is 35.2 Å². The number of hydrogen-bond acceptors (Lipinski definition) is 3. The number of likely N-dealkylation sites (tertiary alicyclic amines) is 1. The van der Waals surface area contributed by atoms with Gasteiger partial charge in [0.25, 0.3) is 11.8 Å². The third-order valence-corrected chi connectivity index (χ3v) is 5.17. The highest BCUT2D eigenvalue weighted by atomic mass is 16.2. The van der Waals surface area contributed by atoms with Crippen LogP contribution in [-0.2, 0) is 11.3 Å². The first-order valence-corrected chi connectivity index (χ1v) is 10.2. The van der Waals surface area contributed by atoms with Crippen molar-refractivity contribution in [1.82, 2.24) is 4.90 Å². The van der Waals surface area contributed by atoms with Gasteiger partial charge < -0.3 is 15.5 Å². The first-order valence-electron chi connectivity index (χ1n) is 10.2. The molecule has 0 radical (unpaired) electrons. The molecule has 0 spiro atoms. The van der Waals surface area contributed by atoms with Crippen molar-refractivity contribution in [1.29, 1.82) is 0 Å². The largest absolute Gasteiger partial charge is 0.338 e. The van der Waals surface area contributed by atoms with Crippen LogP contribution in [0.25, 0.3) is 0 Å². The predicted molar refractivity (Wildman–Crippen MR) is 120 cm³/mol. The number of nitrogens with one attached hydrogen (secondary N) is 2. The van der Waals surface area contributed by atoms with Crippen LogP contribution >= 0.6 is 0 Å². The number of carbonyl (C=O) groups excluding carboxylic acids is 3. The van der Waals surface area contributed by atoms with Gasteiger partial charge in [0.1, 0.15) is 0 Å². The fourth-order valence-electron chi connectivity index (χ4n) is 3.54. The van der Waals surface area contributed by atoms with Crippen LogP contribution in [0.15, 0.2) is 78.9 Å². The lowest BCUT2D eigenvalue weighted by Crippen LogP contribution is -2.23. The third-order valence-electron chi connectivity index (χ3n) is 5.17. The molecule has 6 heteroatoms. The standard InChI is InChI=1S/C25H23N3O3/c29-23-10-5-15-28(23)17-18-6-4-9-22(16-18)27-25(31)20-11-13-21(14-12-20)26-24(30)19-7-2-1-3-8-19/h1-4,6-9,11-14,16H,5,10,15,17H2,(H,26,30)(H,27,31). The minimum Gasteiger partial charge on any atom is -0.338 e. The Morgan fingerprint density at radius 2 is 1.45 bits per heavy atom. The van der Waals surface area contributed by atoms with E-state index in [9.17, 15) is 14.4 Å². The van der Waals surface area contributed by atoms with E-state index >= 15 is 0 Å². The highest BCUT2D eigenvalue weighted by Crippen LogP contribution is 2.18. The Morgan fingerprint density at radius 3 is 2.13 bits per heavy atom. The minimum absolute atomic E-state index is 0.175. The van der Waals surface area contributed by atoms with Crippen LogP contribution in [0.2, 0.25) is 0 Å². The summed E-state index contributed by atoms with van der Waals surface area (Å²) in [5.41, 5.74) is 3.32. The first kappa shape index (κ1) is 20.3. The van der Waals surface area contributed by atoms with E-state index in [1.165, 1.54) is 0 Å². The summed E-state index contributed by atoms with van der Waals surface area (Å²) in [6.07, 6.45) is 1.51. The number of hydrogen-bond donors (Lipinski definition) is 2. The molecule has 0 aliphatic carbocycles. The molecule has 1 aliphatic rings. The van der Waals surface area contributed by atoms with Gasteiger partial charge in [-0.15, -0.1) is 0 Å². The van der Waals surface area contributed by atoms with Gasteiger partial charge in [0.2, 0.25) is 5.91 Å². The quantitative estimate of drug-likeness (QED) is 0.632. The average Bonchev–Trinajstić information content (AvgIpc) is 3.19. The summed E-state index contributed by atoms with van der Waals surface area (Å²) in [7, 11) is 0. The fourth-order valence-corrected chi connectivity index (χ4v) is 3.54. The third kappa shape index (κ3) is 5.17. The summed E-state index contributed by atoms with van der Waals surface area (Å²) < 4.78 is 0. The van der Waals surface area contributed by atoms with E-state index in [-0.39, 0.29) is 17.7 Å². The van der Waals surface area contributed by atoms with E-state index in [4.69, 9.17) is 0 Å². The van der Waals surface area contributed by atoms with Crippen molar-refractivity contribution >= 4 is 29.1 Å². The number of anilines is 2. The van der Waals surface area contributed by atoms with Crippen LogP contribution in [0.5, 0.6) is 0 Å². The highest BCUT2D eigenvalue weighted by molar-refractivity contribution is 6.06. The van der Waals surface area contributed by atoms with Gasteiger partial charge in [0, 0.05) is 42.0 Å². The molecule has 0 unspecified atom stereocenters. The van der Waals surface area contributed by atoms with Gasteiger partial charge >= 0.3 is 0 Å². The van der Waals surface area contributed by atoms with Gasteiger partial charge in [-0.25, -0.2) is 0 Å². The molecule has 0 aromatic heterocycles. The zero-order valence-corrected chi connectivity index (χ0v) is 17.0. The molecule has 0 saturated carbocycles. The Morgan fingerprint density at radius 1 is 0.774 bits per heavy atom. The summed E-state index contributed by atoms with van der Waals surface area (Å²) in [6, 6.07) is 23.2. The predicted octanol–water partition coefficient (Wildman–Crippen LogP) is 4.31. The smallest absolute Gasteiger partial charge is 0.255 e. The SMILES string of the molecule is O=C(Nc1ccc(C(=O)Nc2cccc(CN3CCCC3=O)c2)cc1)c1ccccc1. The van der Waals surface area contributed by atoms with Crippen LogP contribution in [0.3, 0.4) is 0 Å². The molecule has 3 aromatic rings. The van der Waals surface area contributed by atoms with Crippen molar-refractivity contribution in [2.75, 3.05) is 17.2 Å². The lowest BCUT2D eigenvalue weighted by atomic mass is 10.1. The molecule has 1 saturated heterocycles. The summed E-state index contributed by atoms with van der Waals surface area (Å²) >= 11 is 0. The molecule has 0 bridgehead atoms. The van der Waals surface area contributed by atoms with Gasteiger partial charge in [-0.3, -0.25) is 14.4 Å². The molecule has 2 N–H and O–H groups in total. The first-order chi connectivity index (χ1) is 15.1. The van der Waals surface area contributed by atoms with Gasteiger partial charge in [-0.1, -0.05) is 30.3 Å². The molecule has 31 heavy (non-hydrogen) atoms. The molecule has 6 nitrogen and oxygen atoms in total. The molecule has 1 fully saturated rings. The van der Waals surface area contributed by atoms with Crippen molar-refractivity contribution < 1.29 is 14.4 Å². The summed E-state index contributed by atoms with van der Waals surface area (Å²) in [6.45, 7) is 1.33. The van der Waals surface area contributed by atoms with Crippen molar-refractivity contribution in [3.05, 3.63) is 95.6 Å². The van der Waals surface area contributed by atoms with E-state index in [0.29, 0.717) is 35.5 Å². The number of nitrogens with zero attached hydrogens (tertiary/aromatic N) is 1. The van der Waals surface area contributed by atoms with Gasteiger partial charge in [-0.05, 0) is 60.5 Å². The molecule has 1 aliphatic heterocycles. The van der Waals surface area contributed by atoms with Crippen molar-refractivity contribution in [3.63, 3.8) is 0 Å². The molecule has 0 atom stereocenters. The maximum Gasteiger partial charge on any atom is 0.255 e. The molecule has 1 heterocycles. The maximum atomic E-state index is 12.6. The lowest BCUT2D eigenvalue weighted by Gasteiger charge is -2.16. The van der Waals surface area contributed by atoms with Crippen molar-refractivity contribution in [3.8, 4) is 0 Å². The second-order valence-corrected chi connectivity index (χ2v) is 7.47. The van der Waals surface area contributed by atoms with Crippen LogP contribution in [0.1, 0.15) is 39.1 Å². The second kappa shape index (κ2) is 9.26. The summed E-state index contributed by atoms with van der Waals surface area (Å²) in [5, 5.41) is 5.71. The Balaban J connectivity index is 1.37. The van der Waals surface area contributed by atoms with Crippen LogP contribution < -0.4 is 10.6 Å². The van der Waals surface area contributed by atoms with Gasteiger partial charge in [0.15, 0.2) is 0 Å². The molecule has 3 amide bonds. The zero-order chi connectivity index (χ0) is 21.6. The molecular formula is C25H23N3O3. The Labute approximate surface area is 180 Å². The van der Waals surface area contributed by atoms with E-state index in [2.05, 4.69) is 10.6 Å². The zero-order valence-electron chi connectivity index (χ0n) is 17.0. The molecule has 4 rings (SSSR count). The summed E-state index contributed by atoms with van der Waals surface area (Å²) in [4.78, 5) is 38.5. The Bertz CT molecular complexity index is 1090. The van der Waals surface area contributed by atoms with E-state index < -0.39 is 0 Å². The number of rotatable bonds is 6. The number of benzene rings is 3. The van der Waals surface area contributed by atoms with Gasteiger partial charge in [-0.2, -0.15) is 0 Å². The topological polar surface area (TPSA) is 78.5 Å².